The Balaban J connectivity index is 3.10. The minimum atomic E-state index is -0.880. The van der Waals surface area contributed by atoms with E-state index in [9.17, 15) is 14.4 Å². The Morgan fingerprint density at radius 3 is 1.85 bits per heavy atom. The first-order valence-corrected chi connectivity index (χ1v) is 6.98. The van der Waals surface area contributed by atoms with Crippen molar-refractivity contribution in [3.63, 3.8) is 0 Å². The fourth-order valence-electron chi connectivity index (χ4n) is 2.04. The number of carbonyl (C=O) groups is 3. The topological polar surface area (TPSA) is 78.9 Å². The van der Waals surface area contributed by atoms with Crippen LogP contribution in [0.5, 0.6) is 0 Å². The first-order valence-electron chi connectivity index (χ1n) is 6.06. The number of ether oxygens (including phenoxy) is 3. The Morgan fingerprint density at radius 1 is 0.950 bits per heavy atom. The van der Waals surface area contributed by atoms with Crippen LogP contribution in [0.15, 0.2) is 11.6 Å². The van der Waals surface area contributed by atoms with Gasteiger partial charge in [-0.05, 0) is 12.5 Å². The summed E-state index contributed by atoms with van der Waals surface area (Å²) in [6.07, 6.45) is -0.644. The summed E-state index contributed by atoms with van der Waals surface area (Å²) in [6.45, 7) is 5.52. The van der Waals surface area contributed by atoms with Gasteiger partial charge in [0, 0.05) is 20.8 Å². The van der Waals surface area contributed by atoms with Crippen molar-refractivity contribution in [1.29, 1.82) is 0 Å². The number of esters is 3. The second kappa shape index (κ2) is 6.88. The maximum absolute atomic E-state index is 11.3. The summed E-state index contributed by atoms with van der Waals surface area (Å²) in [6, 6.07) is 0. The van der Waals surface area contributed by atoms with Gasteiger partial charge in [-0.3, -0.25) is 14.4 Å². The zero-order valence-electron chi connectivity index (χ0n) is 11.7. The quantitative estimate of drug-likeness (QED) is 0.333. The molecule has 0 aliphatic heterocycles. The third-order valence-electron chi connectivity index (χ3n) is 2.70. The minimum absolute atomic E-state index is 0.331. The van der Waals surface area contributed by atoms with E-state index in [0.717, 1.165) is 5.57 Å². The molecule has 0 aromatic rings. The fourth-order valence-corrected chi connectivity index (χ4v) is 2.86. The van der Waals surface area contributed by atoms with E-state index < -0.39 is 36.2 Å². The average molecular weight is 349 g/mol. The third kappa shape index (κ3) is 4.33. The summed E-state index contributed by atoms with van der Waals surface area (Å²) in [7, 11) is 0. The second-order valence-corrected chi connectivity index (χ2v) is 5.59. The van der Waals surface area contributed by atoms with Crippen LogP contribution in [-0.2, 0) is 28.6 Å². The number of halogens is 1. The Hall–Kier alpha value is -1.37. The number of carbonyl (C=O) groups excluding carboxylic acids is 3. The van der Waals surface area contributed by atoms with Gasteiger partial charge >= 0.3 is 17.9 Å². The van der Waals surface area contributed by atoms with Gasteiger partial charge in [-0.15, -0.1) is 0 Å². The Kier molecular flexibility index (Phi) is 5.74. The van der Waals surface area contributed by atoms with Crippen molar-refractivity contribution in [1.82, 2.24) is 0 Å². The van der Waals surface area contributed by atoms with Crippen LogP contribution in [0.3, 0.4) is 0 Å². The molecule has 6 nitrogen and oxygen atoms in total. The largest absolute Gasteiger partial charge is 0.457 e. The Labute approximate surface area is 125 Å². The molecule has 0 fully saturated rings. The van der Waals surface area contributed by atoms with E-state index in [1.807, 2.05) is 0 Å². The van der Waals surface area contributed by atoms with Crippen LogP contribution in [0.2, 0.25) is 0 Å². The monoisotopic (exact) mass is 348 g/mol. The first kappa shape index (κ1) is 16.7. The van der Waals surface area contributed by atoms with Crippen LogP contribution in [0.1, 0.15) is 27.7 Å². The molecule has 0 saturated carbocycles. The van der Waals surface area contributed by atoms with Crippen molar-refractivity contribution in [3.8, 4) is 0 Å². The van der Waals surface area contributed by atoms with Crippen molar-refractivity contribution in [2.75, 3.05) is 0 Å². The molecular formula is C13H17BrO6. The molecule has 7 heteroatoms. The molecule has 0 saturated heterocycles. The zero-order chi connectivity index (χ0) is 15.4. The molecule has 4 atom stereocenters. The summed E-state index contributed by atoms with van der Waals surface area (Å²) in [4.78, 5) is 33.3. The molecule has 112 valence electrons. The highest BCUT2D eigenvalue weighted by Crippen LogP contribution is 2.31. The van der Waals surface area contributed by atoms with Gasteiger partial charge in [0.25, 0.3) is 0 Å². The van der Waals surface area contributed by atoms with Gasteiger partial charge < -0.3 is 14.2 Å². The molecule has 0 bridgehead atoms. The summed E-state index contributed by atoms with van der Waals surface area (Å²) in [5.41, 5.74) is 0.719. The lowest BCUT2D eigenvalue weighted by Crippen LogP contribution is -2.51. The highest BCUT2D eigenvalue weighted by Gasteiger charge is 2.44. The Morgan fingerprint density at radius 2 is 1.40 bits per heavy atom. The maximum Gasteiger partial charge on any atom is 0.303 e. The number of alkyl halides is 1. The summed E-state index contributed by atoms with van der Waals surface area (Å²) >= 11 is 3.36. The van der Waals surface area contributed by atoms with E-state index in [1.165, 1.54) is 20.8 Å². The number of hydrogen-bond donors (Lipinski definition) is 0. The summed E-state index contributed by atoms with van der Waals surface area (Å²) < 4.78 is 15.6. The van der Waals surface area contributed by atoms with Gasteiger partial charge in [-0.2, -0.15) is 0 Å². The van der Waals surface area contributed by atoms with Crippen molar-refractivity contribution in [2.45, 2.75) is 50.8 Å². The predicted molar refractivity (Wildman–Crippen MR) is 73.1 cm³/mol. The van der Waals surface area contributed by atoms with Crippen LogP contribution in [0.4, 0.5) is 0 Å². The highest BCUT2D eigenvalue weighted by molar-refractivity contribution is 9.09. The lowest BCUT2D eigenvalue weighted by atomic mass is 9.91. The van der Waals surface area contributed by atoms with Crippen molar-refractivity contribution in [3.05, 3.63) is 11.6 Å². The molecule has 1 aliphatic carbocycles. The standard InChI is InChI=1S/C13H17BrO6/c1-6-5-10(14)12(19-8(3)16)13(20-9(4)17)11(6)18-7(2)15/h5,10-13H,1-4H3/t10-,11+,12+,13+/m1/s1. The summed E-state index contributed by atoms with van der Waals surface area (Å²) in [5, 5.41) is 0. The summed E-state index contributed by atoms with van der Waals surface area (Å²) in [5.74, 6) is -1.56. The normalized spacial score (nSPS) is 29.1. The van der Waals surface area contributed by atoms with Gasteiger partial charge in [-0.25, -0.2) is 0 Å². The molecule has 0 unspecified atom stereocenters. The van der Waals surface area contributed by atoms with Gasteiger partial charge in [-0.1, -0.05) is 22.0 Å². The van der Waals surface area contributed by atoms with Crippen molar-refractivity contribution < 1.29 is 28.6 Å². The van der Waals surface area contributed by atoms with Crippen LogP contribution in [0.25, 0.3) is 0 Å². The van der Waals surface area contributed by atoms with Gasteiger partial charge in [0.2, 0.25) is 0 Å². The van der Waals surface area contributed by atoms with E-state index in [0.29, 0.717) is 0 Å². The third-order valence-corrected chi connectivity index (χ3v) is 3.49. The second-order valence-electron chi connectivity index (χ2n) is 4.53. The molecule has 0 radical (unpaired) electrons. The molecule has 1 rings (SSSR count). The van der Waals surface area contributed by atoms with E-state index in [2.05, 4.69) is 15.9 Å². The van der Waals surface area contributed by atoms with Gasteiger partial charge in [0.15, 0.2) is 18.3 Å². The lowest BCUT2D eigenvalue weighted by molar-refractivity contribution is -0.180. The van der Waals surface area contributed by atoms with E-state index in [-0.39, 0.29) is 4.83 Å². The SMILES string of the molecule is CC(=O)O[C@@H]1[C@@H](OC(C)=O)[C@@H](OC(C)=O)C(C)=C[C@H]1Br. The smallest absolute Gasteiger partial charge is 0.303 e. The van der Waals surface area contributed by atoms with E-state index in [1.54, 1.807) is 13.0 Å². The van der Waals surface area contributed by atoms with Crippen LogP contribution < -0.4 is 0 Å². The fraction of sp³-hybridized carbons (Fsp3) is 0.615. The number of hydrogen-bond acceptors (Lipinski definition) is 6. The molecule has 0 spiro atoms. The van der Waals surface area contributed by atoms with Crippen LogP contribution >= 0.6 is 15.9 Å². The van der Waals surface area contributed by atoms with Crippen molar-refractivity contribution >= 4 is 33.8 Å². The van der Waals surface area contributed by atoms with Gasteiger partial charge in [0.05, 0.1) is 4.83 Å². The zero-order valence-corrected chi connectivity index (χ0v) is 13.3. The van der Waals surface area contributed by atoms with Crippen molar-refractivity contribution in [2.24, 2.45) is 0 Å². The maximum atomic E-state index is 11.3. The molecule has 20 heavy (non-hydrogen) atoms. The molecular weight excluding hydrogens is 332 g/mol. The van der Waals surface area contributed by atoms with Gasteiger partial charge in [0.1, 0.15) is 0 Å². The van der Waals surface area contributed by atoms with Crippen LogP contribution in [0, 0.1) is 0 Å². The van der Waals surface area contributed by atoms with E-state index >= 15 is 0 Å². The molecule has 1 aliphatic rings. The first-order chi connectivity index (χ1) is 9.22. The molecule has 0 aromatic heterocycles. The highest BCUT2D eigenvalue weighted by atomic mass is 79.9. The molecule has 0 heterocycles. The minimum Gasteiger partial charge on any atom is -0.457 e. The van der Waals surface area contributed by atoms with Crippen LogP contribution in [-0.4, -0.2) is 41.0 Å². The number of rotatable bonds is 3. The lowest BCUT2D eigenvalue weighted by Gasteiger charge is -2.37. The molecule has 0 amide bonds. The molecule has 0 aromatic carbocycles. The van der Waals surface area contributed by atoms with E-state index in [4.69, 9.17) is 14.2 Å². The predicted octanol–water partition coefficient (Wildman–Crippen LogP) is 1.50. The average Bonchev–Trinajstić information content (AvgIpc) is 2.27. The Bertz CT molecular complexity index is 444. The molecule has 0 N–H and O–H groups in total.